The van der Waals surface area contributed by atoms with Crippen LogP contribution in [0.5, 0.6) is 0 Å². The number of halogens is 1. The number of aromatic nitrogens is 2. The fourth-order valence-electron chi connectivity index (χ4n) is 2.06. The molecule has 9 heteroatoms. The molecule has 0 saturated heterocycles. The summed E-state index contributed by atoms with van der Waals surface area (Å²) in [6.45, 7) is -0.526. The van der Waals surface area contributed by atoms with E-state index in [-0.39, 0.29) is 36.3 Å². The van der Waals surface area contributed by atoms with Gasteiger partial charge in [0.25, 0.3) is 5.89 Å². The average molecular weight is 318 g/mol. The second kappa shape index (κ2) is 5.95. The summed E-state index contributed by atoms with van der Waals surface area (Å²) in [6, 6.07) is 5.56. The Labute approximate surface area is 129 Å². The van der Waals surface area contributed by atoms with Crippen molar-refractivity contribution in [3.05, 3.63) is 36.0 Å². The SMILES string of the molecule is O=C(O)CN1N=C(c2nc(-c3ccc(F)cc3)no2)CCC1=O. The van der Waals surface area contributed by atoms with Gasteiger partial charge in [-0.15, -0.1) is 0 Å². The van der Waals surface area contributed by atoms with Crippen LogP contribution in [-0.4, -0.2) is 44.4 Å². The van der Waals surface area contributed by atoms with Crippen LogP contribution in [0.15, 0.2) is 33.9 Å². The van der Waals surface area contributed by atoms with Crippen molar-refractivity contribution >= 4 is 17.6 Å². The molecule has 2 heterocycles. The summed E-state index contributed by atoms with van der Waals surface area (Å²) < 4.78 is 18.0. The van der Waals surface area contributed by atoms with Gasteiger partial charge in [-0.1, -0.05) is 5.16 Å². The van der Waals surface area contributed by atoms with E-state index in [0.29, 0.717) is 11.3 Å². The minimum atomic E-state index is -1.17. The summed E-state index contributed by atoms with van der Waals surface area (Å²) in [7, 11) is 0. The zero-order valence-electron chi connectivity index (χ0n) is 11.8. The van der Waals surface area contributed by atoms with Gasteiger partial charge < -0.3 is 9.63 Å². The lowest BCUT2D eigenvalue weighted by Crippen LogP contribution is -2.35. The zero-order chi connectivity index (χ0) is 16.4. The van der Waals surface area contributed by atoms with E-state index in [2.05, 4.69) is 15.2 Å². The monoisotopic (exact) mass is 318 g/mol. The van der Waals surface area contributed by atoms with Gasteiger partial charge in [-0.2, -0.15) is 10.1 Å². The highest BCUT2D eigenvalue weighted by Gasteiger charge is 2.26. The highest BCUT2D eigenvalue weighted by atomic mass is 19.1. The molecule has 0 atom stereocenters. The minimum Gasteiger partial charge on any atom is -0.480 e. The number of hydrogen-bond acceptors (Lipinski definition) is 6. The quantitative estimate of drug-likeness (QED) is 0.909. The van der Waals surface area contributed by atoms with Crippen molar-refractivity contribution in [2.45, 2.75) is 12.8 Å². The van der Waals surface area contributed by atoms with Gasteiger partial charge in [0.1, 0.15) is 18.1 Å². The maximum absolute atomic E-state index is 12.9. The van der Waals surface area contributed by atoms with Crippen molar-refractivity contribution in [1.82, 2.24) is 15.1 Å². The molecule has 1 aliphatic rings. The third kappa shape index (κ3) is 3.23. The van der Waals surface area contributed by atoms with Crippen molar-refractivity contribution in [3.8, 4) is 11.4 Å². The topological polar surface area (TPSA) is 109 Å². The lowest BCUT2D eigenvalue weighted by atomic mass is 10.1. The average Bonchev–Trinajstić information content (AvgIpc) is 2.99. The van der Waals surface area contributed by atoms with Gasteiger partial charge in [0, 0.05) is 18.4 Å². The molecule has 0 aliphatic carbocycles. The fraction of sp³-hybridized carbons (Fsp3) is 0.214. The van der Waals surface area contributed by atoms with Crippen LogP contribution in [0, 0.1) is 5.82 Å². The van der Waals surface area contributed by atoms with E-state index in [9.17, 15) is 14.0 Å². The highest BCUT2D eigenvalue weighted by Crippen LogP contribution is 2.19. The predicted molar refractivity (Wildman–Crippen MR) is 74.8 cm³/mol. The molecule has 0 saturated carbocycles. The first-order valence-electron chi connectivity index (χ1n) is 6.72. The Hall–Kier alpha value is -3.10. The molecule has 8 nitrogen and oxygen atoms in total. The highest BCUT2D eigenvalue weighted by molar-refractivity contribution is 6.01. The van der Waals surface area contributed by atoms with E-state index in [1.807, 2.05) is 0 Å². The van der Waals surface area contributed by atoms with E-state index in [1.54, 1.807) is 0 Å². The third-order valence-corrected chi connectivity index (χ3v) is 3.17. The van der Waals surface area contributed by atoms with Crippen LogP contribution in [0.25, 0.3) is 11.4 Å². The number of carboxylic acids is 1. The van der Waals surface area contributed by atoms with Gasteiger partial charge in [-0.25, -0.2) is 9.40 Å². The Bertz CT molecular complexity index is 784. The van der Waals surface area contributed by atoms with Crippen LogP contribution < -0.4 is 0 Å². The molecule has 23 heavy (non-hydrogen) atoms. The summed E-state index contributed by atoms with van der Waals surface area (Å²) in [5.41, 5.74) is 0.906. The first-order valence-corrected chi connectivity index (χ1v) is 6.72. The first kappa shape index (κ1) is 14.8. The molecule has 1 N–H and O–H groups in total. The van der Waals surface area contributed by atoms with Crippen molar-refractivity contribution in [2.75, 3.05) is 6.54 Å². The van der Waals surface area contributed by atoms with Gasteiger partial charge >= 0.3 is 5.97 Å². The lowest BCUT2D eigenvalue weighted by Gasteiger charge is -2.20. The van der Waals surface area contributed by atoms with Gasteiger partial charge in [-0.3, -0.25) is 9.59 Å². The Morgan fingerprint density at radius 2 is 2.04 bits per heavy atom. The molecule has 118 valence electrons. The molecule has 1 aromatic heterocycles. The molecule has 0 unspecified atom stereocenters. The van der Waals surface area contributed by atoms with E-state index in [4.69, 9.17) is 9.63 Å². The second-order valence-electron chi connectivity index (χ2n) is 4.82. The van der Waals surface area contributed by atoms with Crippen LogP contribution in [0.2, 0.25) is 0 Å². The van der Waals surface area contributed by atoms with Crippen molar-refractivity contribution in [1.29, 1.82) is 0 Å². The number of hydrazone groups is 1. The van der Waals surface area contributed by atoms with Crippen molar-refractivity contribution < 1.29 is 23.6 Å². The largest absolute Gasteiger partial charge is 0.480 e. The van der Waals surface area contributed by atoms with Crippen LogP contribution in [0.1, 0.15) is 18.7 Å². The molecular formula is C14H11FN4O4. The lowest BCUT2D eigenvalue weighted by molar-refractivity contribution is -0.144. The van der Waals surface area contributed by atoms with Gasteiger partial charge in [0.15, 0.2) is 0 Å². The van der Waals surface area contributed by atoms with Crippen LogP contribution in [0.4, 0.5) is 4.39 Å². The number of amides is 1. The molecular weight excluding hydrogens is 307 g/mol. The number of rotatable bonds is 4. The fourth-order valence-corrected chi connectivity index (χ4v) is 2.06. The third-order valence-electron chi connectivity index (χ3n) is 3.17. The van der Waals surface area contributed by atoms with E-state index >= 15 is 0 Å². The number of aliphatic carboxylic acids is 1. The number of carbonyl (C=O) groups excluding carboxylic acids is 1. The normalized spacial score (nSPS) is 14.7. The molecule has 0 bridgehead atoms. The first-order chi connectivity index (χ1) is 11.0. The second-order valence-corrected chi connectivity index (χ2v) is 4.82. The molecule has 0 fully saturated rings. The summed E-state index contributed by atoms with van der Waals surface area (Å²) in [6.07, 6.45) is 0.389. The summed E-state index contributed by atoms with van der Waals surface area (Å²) in [5.74, 6) is -1.57. The molecule has 1 aliphatic heterocycles. The Morgan fingerprint density at radius 3 is 2.74 bits per heavy atom. The summed E-state index contributed by atoms with van der Waals surface area (Å²) >= 11 is 0. The molecule has 1 aromatic carbocycles. The van der Waals surface area contributed by atoms with Crippen LogP contribution in [-0.2, 0) is 9.59 Å². The standard InChI is InChI=1S/C14H11FN4O4/c15-9-3-1-8(2-4-9)13-16-14(23-18-13)10-5-6-11(20)19(17-10)7-12(21)22/h1-4H,5-7H2,(H,21,22). The van der Waals surface area contributed by atoms with Crippen molar-refractivity contribution in [3.63, 3.8) is 0 Å². The van der Waals surface area contributed by atoms with Crippen LogP contribution in [0.3, 0.4) is 0 Å². The maximum Gasteiger partial charge on any atom is 0.325 e. The molecule has 0 radical (unpaired) electrons. The maximum atomic E-state index is 12.9. The van der Waals surface area contributed by atoms with Gasteiger partial charge in [0.05, 0.1) is 0 Å². The zero-order valence-corrected chi connectivity index (χ0v) is 11.8. The Kier molecular flexibility index (Phi) is 3.83. The Balaban J connectivity index is 1.86. The molecule has 1 amide bonds. The van der Waals surface area contributed by atoms with Crippen molar-refractivity contribution in [2.24, 2.45) is 5.10 Å². The number of carboxylic acid groups (broad SMARTS) is 1. The summed E-state index contributed by atoms with van der Waals surface area (Å²) in [5, 5.41) is 17.4. The molecule has 3 rings (SSSR count). The number of hydrogen-bond donors (Lipinski definition) is 1. The summed E-state index contributed by atoms with van der Waals surface area (Å²) in [4.78, 5) is 26.5. The molecule has 0 spiro atoms. The Morgan fingerprint density at radius 1 is 1.30 bits per heavy atom. The van der Waals surface area contributed by atoms with E-state index in [0.717, 1.165) is 5.01 Å². The van der Waals surface area contributed by atoms with E-state index in [1.165, 1.54) is 24.3 Å². The van der Waals surface area contributed by atoms with Gasteiger partial charge in [-0.05, 0) is 24.3 Å². The number of nitrogens with zero attached hydrogens (tertiary/aromatic N) is 4. The molecule has 2 aromatic rings. The van der Waals surface area contributed by atoms with Crippen LogP contribution >= 0.6 is 0 Å². The van der Waals surface area contributed by atoms with E-state index < -0.39 is 12.5 Å². The smallest absolute Gasteiger partial charge is 0.325 e. The number of benzene rings is 1. The number of carbonyl (C=O) groups is 2. The predicted octanol–water partition coefficient (Wildman–Crippen LogP) is 1.29. The minimum absolute atomic E-state index is 0.104. The van der Waals surface area contributed by atoms with Gasteiger partial charge in [0.2, 0.25) is 11.7 Å².